The van der Waals surface area contributed by atoms with E-state index in [1.54, 1.807) is 0 Å². The summed E-state index contributed by atoms with van der Waals surface area (Å²) in [5.74, 6) is 2.58. The number of rotatable bonds is 4. The van der Waals surface area contributed by atoms with Crippen LogP contribution in [0.4, 0.5) is 5.95 Å². The summed E-state index contributed by atoms with van der Waals surface area (Å²) in [4.78, 5) is 6.97. The number of anilines is 1. The number of nitrogens with zero attached hydrogens (tertiary/aromatic N) is 3. The topological polar surface area (TPSA) is 56.8 Å². The Bertz CT molecular complexity index is 391. The lowest BCUT2D eigenvalue weighted by atomic mass is 9.92. The van der Waals surface area contributed by atoms with Gasteiger partial charge >= 0.3 is 0 Å². The van der Waals surface area contributed by atoms with E-state index in [9.17, 15) is 0 Å². The first-order valence-corrected chi connectivity index (χ1v) is 7.29. The molecule has 2 rings (SSSR count). The van der Waals surface area contributed by atoms with Gasteiger partial charge in [-0.15, -0.1) is 5.10 Å². The molecule has 0 radical (unpaired) electrons. The maximum absolute atomic E-state index is 4.65. The van der Waals surface area contributed by atoms with E-state index >= 15 is 0 Å². The van der Waals surface area contributed by atoms with Crippen molar-refractivity contribution in [3.8, 4) is 0 Å². The van der Waals surface area contributed by atoms with Gasteiger partial charge in [0.1, 0.15) is 5.82 Å². The molecule has 1 unspecified atom stereocenters. The predicted octanol–water partition coefficient (Wildman–Crippen LogP) is 1.83. The molecule has 0 aliphatic carbocycles. The summed E-state index contributed by atoms with van der Waals surface area (Å²) in [6.07, 6.45) is 3.47. The molecule has 0 aromatic carbocycles. The number of H-pyrrole nitrogens is 1. The molecule has 2 N–H and O–H groups in total. The Kier molecular flexibility index (Phi) is 4.45. The van der Waals surface area contributed by atoms with E-state index in [1.165, 1.54) is 12.8 Å². The molecule has 0 saturated carbocycles. The van der Waals surface area contributed by atoms with Crippen LogP contribution in [-0.2, 0) is 6.42 Å². The van der Waals surface area contributed by atoms with Crippen molar-refractivity contribution < 1.29 is 0 Å². The smallest absolute Gasteiger partial charge is 0.244 e. The highest BCUT2D eigenvalue weighted by molar-refractivity contribution is 5.29. The van der Waals surface area contributed by atoms with Crippen molar-refractivity contribution in [1.29, 1.82) is 0 Å². The molecule has 2 heterocycles. The number of hydrogen-bond acceptors (Lipinski definition) is 4. The van der Waals surface area contributed by atoms with Crippen LogP contribution in [0, 0.1) is 11.3 Å². The van der Waals surface area contributed by atoms with Crippen LogP contribution in [0.3, 0.4) is 0 Å². The van der Waals surface area contributed by atoms with Crippen LogP contribution in [0.1, 0.15) is 39.4 Å². The van der Waals surface area contributed by atoms with Gasteiger partial charge in [-0.3, -0.25) is 5.10 Å². The van der Waals surface area contributed by atoms with Gasteiger partial charge in [-0.1, -0.05) is 20.8 Å². The van der Waals surface area contributed by atoms with Crippen LogP contribution in [0.15, 0.2) is 0 Å². The third-order valence-corrected chi connectivity index (χ3v) is 3.51. The zero-order valence-corrected chi connectivity index (χ0v) is 12.7. The lowest BCUT2D eigenvalue weighted by molar-refractivity contribution is 0.397. The van der Waals surface area contributed by atoms with Crippen molar-refractivity contribution in [1.82, 2.24) is 20.5 Å². The largest absolute Gasteiger partial charge is 0.339 e. The summed E-state index contributed by atoms with van der Waals surface area (Å²) < 4.78 is 0. The van der Waals surface area contributed by atoms with Gasteiger partial charge in [-0.2, -0.15) is 4.98 Å². The van der Waals surface area contributed by atoms with Crippen molar-refractivity contribution in [2.24, 2.45) is 11.3 Å². The third kappa shape index (κ3) is 4.20. The second-order valence-corrected chi connectivity index (χ2v) is 6.83. The lowest BCUT2D eigenvalue weighted by Crippen LogP contribution is -2.39. The van der Waals surface area contributed by atoms with Crippen LogP contribution in [0.2, 0.25) is 0 Å². The molecule has 1 aliphatic heterocycles. The molecule has 5 heteroatoms. The van der Waals surface area contributed by atoms with Gasteiger partial charge < -0.3 is 10.2 Å². The summed E-state index contributed by atoms with van der Waals surface area (Å²) in [7, 11) is 2.02. The van der Waals surface area contributed by atoms with Crippen molar-refractivity contribution in [3.63, 3.8) is 0 Å². The fraction of sp³-hybridized carbons (Fsp3) is 0.857. The highest BCUT2D eigenvalue weighted by Crippen LogP contribution is 2.22. The van der Waals surface area contributed by atoms with E-state index in [2.05, 4.69) is 46.2 Å². The molecule has 1 saturated heterocycles. The maximum atomic E-state index is 4.65. The molecule has 1 aromatic heterocycles. The number of hydrogen-bond donors (Lipinski definition) is 2. The van der Waals surface area contributed by atoms with Gasteiger partial charge in [0.05, 0.1) is 0 Å². The van der Waals surface area contributed by atoms with Crippen molar-refractivity contribution >= 4 is 5.95 Å². The van der Waals surface area contributed by atoms with Gasteiger partial charge in [0.15, 0.2) is 0 Å². The summed E-state index contributed by atoms with van der Waals surface area (Å²) in [6.45, 7) is 9.88. The molecule has 1 fully saturated rings. The predicted molar refractivity (Wildman–Crippen MR) is 78.4 cm³/mol. The van der Waals surface area contributed by atoms with Gasteiger partial charge in [-0.25, -0.2) is 0 Å². The Labute approximate surface area is 116 Å². The van der Waals surface area contributed by atoms with Crippen molar-refractivity contribution in [2.45, 2.75) is 40.0 Å². The van der Waals surface area contributed by atoms with E-state index in [4.69, 9.17) is 0 Å². The minimum atomic E-state index is 0.243. The molecule has 5 nitrogen and oxygen atoms in total. The molecule has 1 atom stereocenters. The lowest BCUT2D eigenvalue weighted by Gasteiger charge is -2.31. The SMILES string of the molecule is CNCC1CCCN(c2n[nH]c(CC(C)(C)C)n2)C1. The zero-order valence-electron chi connectivity index (χ0n) is 12.7. The van der Waals surface area contributed by atoms with Crippen LogP contribution < -0.4 is 10.2 Å². The standard InChI is InChI=1S/C14H27N5/c1-14(2,3)8-12-16-13(18-17-12)19-7-5-6-11(10-19)9-15-4/h11,15H,5-10H2,1-4H3,(H,16,17,18). The number of aromatic nitrogens is 3. The normalized spacial score (nSPS) is 20.8. The molecular weight excluding hydrogens is 238 g/mol. The van der Waals surface area contributed by atoms with Crippen LogP contribution in [-0.4, -0.2) is 41.9 Å². The van der Waals surface area contributed by atoms with Crippen molar-refractivity contribution in [3.05, 3.63) is 5.82 Å². The van der Waals surface area contributed by atoms with E-state index in [-0.39, 0.29) is 5.41 Å². The number of aromatic amines is 1. The Balaban J connectivity index is 1.98. The number of piperidine rings is 1. The zero-order chi connectivity index (χ0) is 13.9. The highest BCUT2D eigenvalue weighted by atomic mass is 15.4. The Morgan fingerprint density at radius 1 is 1.42 bits per heavy atom. The fourth-order valence-corrected chi connectivity index (χ4v) is 2.71. The number of nitrogens with one attached hydrogen (secondary N) is 2. The van der Waals surface area contributed by atoms with Gasteiger partial charge in [-0.05, 0) is 37.8 Å². The summed E-state index contributed by atoms with van der Waals surface area (Å²) in [6, 6.07) is 0. The quantitative estimate of drug-likeness (QED) is 0.872. The Morgan fingerprint density at radius 2 is 2.21 bits per heavy atom. The Hall–Kier alpha value is -1.10. The van der Waals surface area contributed by atoms with E-state index in [1.807, 2.05) is 7.05 Å². The highest BCUT2D eigenvalue weighted by Gasteiger charge is 2.23. The monoisotopic (exact) mass is 265 g/mol. The van der Waals surface area contributed by atoms with Crippen LogP contribution in [0.5, 0.6) is 0 Å². The minimum absolute atomic E-state index is 0.243. The maximum Gasteiger partial charge on any atom is 0.244 e. The third-order valence-electron chi connectivity index (χ3n) is 3.51. The van der Waals surface area contributed by atoms with E-state index < -0.39 is 0 Å². The van der Waals surface area contributed by atoms with Gasteiger partial charge in [0, 0.05) is 19.5 Å². The van der Waals surface area contributed by atoms with Gasteiger partial charge in [0.25, 0.3) is 0 Å². The summed E-state index contributed by atoms with van der Waals surface area (Å²) >= 11 is 0. The van der Waals surface area contributed by atoms with Crippen LogP contribution >= 0.6 is 0 Å². The molecule has 19 heavy (non-hydrogen) atoms. The first-order valence-electron chi connectivity index (χ1n) is 7.29. The second kappa shape index (κ2) is 5.90. The average molecular weight is 265 g/mol. The molecule has 0 bridgehead atoms. The Morgan fingerprint density at radius 3 is 2.89 bits per heavy atom. The van der Waals surface area contributed by atoms with Gasteiger partial charge in [0.2, 0.25) is 5.95 Å². The van der Waals surface area contributed by atoms with Crippen molar-refractivity contribution in [2.75, 3.05) is 31.6 Å². The van der Waals surface area contributed by atoms with E-state index in [0.717, 1.165) is 37.8 Å². The molecular formula is C14H27N5. The molecule has 1 aromatic rings. The van der Waals surface area contributed by atoms with Crippen LogP contribution in [0.25, 0.3) is 0 Å². The summed E-state index contributed by atoms with van der Waals surface area (Å²) in [5.41, 5.74) is 0.243. The molecule has 0 spiro atoms. The minimum Gasteiger partial charge on any atom is -0.339 e. The molecule has 1 aliphatic rings. The average Bonchev–Trinajstić information content (AvgIpc) is 2.76. The second-order valence-electron chi connectivity index (χ2n) is 6.83. The first-order chi connectivity index (χ1) is 8.98. The molecule has 108 valence electrons. The first kappa shape index (κ1) is 14.3. The summed E-state index contributed by atoms with van der Waals surface area (Å²) in [5, 5.41) is 10.7. The van der Waals surface area contributed by atoms with E-state index in [0.29, 0.717) is 5.92 Å². The fourth-order valence-electron chi connectivity index (χ4n) is 2.71. The molecule has 0 amide bonds.